The molecule has 0 unspecified atom stereocenters. The topological polar surface area (TPSA) is 23.5 Å². The molecule has 0 saturated heterocycles. The molecule has 0 atom stereocenters. The van der Waals surface area contributed by atoms with Gasteiger partial charge in [-0.1, -0.05) is 19.8 Å². The lowest BCUT2D eigenvalue weighted by molar-refractivity contribution is 0.0371. The molecule has 1 rings (SSSR count). The molecule has 0 aromatic heterocycles. The zero-order valence-corrected chi connectivity index (χ0v) is 9.21. The van der Waals surface area contributed by atoms with Gasteiger partial charge < -0.3 is 10.0 Å². The summed E-state index contributed by atoms with van der Waals surface area (Å²) in [6.07, 6.45) is 4.18. The minimum atomic E-state index is -0.542. The summed E-state index contributed by atoms with van der Waals surface area (Å²) in [6.45, 7) is 8.94. The van der Waals surface area contributed by atoms with E-state index in [1.165, 1.54) is 19.3 Å². The molecule has 0 amide bonds. The van der Waals surface area contributed by atoms with Crippen molar-refractivity contribution >= 4 is 0 Å². The quantitative estimate of drug-likeness (QED) is 0.683. The third-order valence-electron chi connectivity index (χ3n) is 2.61. The van der Waals surface area contributed by atoms with Crippen LogP contribution in [0.4, 0.5) is 0 Å². The Morgan fingerprint density at radius 3 is 2.38 bits per heavy atom. The molecule has 0 aromatic rings. The molecule has 0 bridgehead atoms. The molecule has 0 spiro atoms. The Morgan fingerprint density at radius 1 is 1.38 bits per heavy atom. The maximum absolute atomic E-state index is 9.66. The molecule has 13 heavy (non-hydrogen) atoms. The first-order chi connectivity index (χ1) is 6.01. The summed E-state index contributed by atoms with van der Waals surface area (Å²) in [7, 11) is 0. The fourth-order valence-electron chi connectivity index (χ4n) is 1.67. The standard InChI is InChI=1S/C11H23NO/c1-4-12(9-11(2,3)13)8-7-10-5-6-10/h10,13H,4-9H2,1-3H3. The van der Waals surface area contributed by atoms with Crippen LogP contribution in [0.1, 0.15) is 40.0 Å². The van der Waals surface area contributed by atoms with Crippen LogP contribution in [0, 0.1) is 5.92 Å². The van der Waals surface area contributed by atoms with E-state index in [1.807, 2.05) is 13.8 Å². The predicted octanol–water partition coefficient (Wildman–Crippen LogP) is 1.88. The zero-order valence-electron chi connectivity index (χ0n) is 9.21. The van der Waals surface area contributed by atoms with Crippen molar-refractivity contribution in [3.63, 3.8) is 0 Å². The van der Waals surface area contributed by atoms with Crippen LogP contribution >= 0.6 is 0 Å². The Balaban J connectivity index is 2.16. The third kappa shape index (κ3) is 5.27. The van der Waals surface area contributed by atoms with Crippen molar-refractivity contribution in [3.8, 4) is 0 Å². The molecular weight excluding hydrogens is 162 g/mol. The van der Waals surface area contributed by atoms with Crippen molar-refractivity contribution in [1.29, 1.82) is 0 Å². The SMILES string of the molecule is CCN(CCC1CC1)CC(C)(C)O. The second kappa shape index (κ2) is 4.43. The third-order valence-corrected chi connectivity index (χ3v) is 2.61. The lowest BCUT2D eigenvalue weighted by Crippen LogP contribution is -2.39. The number of hydrogen-bond acceptors (Lipinski definition) is 2. The second-order valence-corrected chi connectivity index (χ2v) is 4.91. The van der Waals surface area contributed by atoms with Gasteiger partial charge in [0.2, 0.25) is 0 Å². The van der Waals surface area contributed by atoms with Gasteiger partial charge in [-0.05, 0) is 39.3 Å². The number of rotatable bonds is 6. The summed E-state index contributed by atoms with van der Waals surface area (Å²) >= 11 is 0. The van der Waals surface area contributed by atoms with Crippen molar-refractivity contribution in [2.45, 2.75) is 45.6 Å². The minimum absolute atomic E-state index is 0.542. The summed E-state index contributed by atoms with van der Waals surface area (Å²) in [5, 5.41) is 9.66. The van der Waals surface area contributed by atoms with E-state index in [0.717, 1.165) is 25.6 Å². The molecule has 1 aliphatic rings. The molecule has 1 saturated carbocycles. The summed E-state index contributed by atoms with van der Waals surface area (Å²) in [6, 6.07) is 0. The average molecular weight is 185 g/mol. The maximum atomic E-state index is 9.66. The van der Waals surface area contributed by atoms with Crippen molar-refractivity contribution < 1.29 is 5.11 Å². The number of hydrogen-bond donors (Lipinski definition) is 1. The Hall–Kier alpha value is -0.0800. The van der Waals surface area contributed by atoms with Crippen LogP contribution in [0.25, 0.3) is 0 Å². The monoisotopic (exact) mass is 185 g/mol. The lowest BCUT2D eigenvalue weighted by atomic mass is 10.1. The van der Waals surface area contributed by atoms with Gasteiger partial charge in [-0.2, -0.15) is 0 Å². The van der Waals surface area contributed by atoms with Crippen LogP contribution in [0.15, 0.2) is 0 Å². The maximum Gasteiger partial charge on any atom is 0.0718 e. The molecule has 78 valence electrons. The van der Waals surface area contributed by atoms with E-state index < -0.39 is 5.60 Å². The first kappa shape index (κ1) is 11.0. The Morgan fingerprint density at radius 2 is 2.00 bits per heavy atom. The number of aliphatic hydroxyl groups is 1. The van der Waals surface area contributed by atoms with Gasteiger partial charge >= 0.3 is 0 Å². The summed E-state index contributed by atoms with van der Waals surface area (Å²) in [5.41, 5.74) is -0.542. The van der Waals surface area contributed by atoms with Gasteiger partial charge in [0.15, 0.2) is 0 Å². The molecule has 2 nitrogen and oxygen atoms in total. The summed E-state index contributed by atoms with van der Waals surface area (Å²) < 4.78 is 0. The van der Waals surface area contributed by atoms with E-state index in [0.29, 0.717) is 0 Å². The summed E-state index contributed by atoms with van der Waals surface area (Å²) in [4.78, 5) is 2.35. The number of nitrogens with zero attached hydrogens (tertiary/aromatic N) is 1. The number of likely N-dealkylation sites (N-methyl/N-ethyl adjacent to an activating group) is 1. The van der Waals surface area contributed by atoms with Gasteiger partial charge in [-0.3, -0.25) is 0 Å². The van der Waals surface area contributed by atoms with E-state index >= 15 is 0 Å². The fraction of sp³-hybridized carbons (Fsp3) is 1.00. The van der Waals surface area contributed by atoms with Crippen LogP contribution in [0.2, 0.25) is 0 Å². The Labute approximate surface area is 81.9 Å². The Kier molecular flexibility index (Phi) is 3.74. The zero-order chi connectivity index (χ0) is 9.90. The van der Waals surface area contributed by atoms with Gasteiger partial charge in [0.05, 0.1) is 5.60 Å². The molecule has 0 heterocycles. The highest BCUT2D eigenvalue weighted by molar-refractivity contribution is 4.77. The van der Waals surface area contributed by atoms with Crippen molar-refractivity contribution in [2.75, 3.05) is 19.6 Å². The molecule has 0 aromatic carbocycles. The highest BCUT2D eigenvalue weighted by Crippen LogP contribution is 2.32. The van der Waals surface area contributed by atoms with Crippen LogP contribution in [-0.4, -0.2) is 35.2 Å². The molecular formula is C11H23NO. The normalized spacial score (nSPS) is 18.2. The molecule has 0 aliphatic heterocycles. The highest BCUT2D eigenvalue weighted by atomic mass is 16.3. The largest absolute Gasteiger partial charge is 0.389 e. The molecule has 2 heteroatoms. The van der Waals surface area contributed by atoms with E-state index in [9.17, 15) is 5.11 Å². The van der Waals surface area contributed by atoms with Crippen molar-refractivity contribution in [3.05, 3.63) is 0 Å². The van der Waals surface area contributed by atoms with E-state index in [4.69, 9.17) is 0 Å². The fourth-order valence-corrected chi connectivity index (χ4v) is 1.67. The highest BCUT2D eigenvalue weighted by Gasteiger charge is 2.23. The Bertz CT molecular complexity index is 147. The van der Waals surface area contributed by atoms with Crippen molar-refractivity contribution in [2.24, 2.45) is 5.92 Å². The van der Waals surface area contributed by atoms with Gasteiger partial charge in [-0.25, -0.2) is 0 Å². The van der Waals surface area contributed by atoms with E-state index in [-0.39, 0.29) is 0 Å². The van der Waals surface area contributed by atoms with Crippen LogP contribution in [-0.2, 0) is 0 Å². The average Bonchev–Trinajstić information content (AvgIpc) is 2.78. The molecule has 1 N–H and O–H groups in total. The van der Waals surface area contributed by atoms with Gasteiger partial charge in [0.25, 0.3) is 0 Å². The van der Waals surface area contributed by atoms with Gasteiger partial charge in [0, 0.05) is 6.54 Å². The first-order valence-electron chi connectivity index (χ1n) is 5.46. The van der Waals surface area contributed by atoms with Crippen LogP contribution < -0.4 is 0 Å². The minimum Gasteiger partial charge on any atom is -0.389 e. The van der Waals surface area contributed by atoms with E-state index in [2.05, 4.69) is 11.8 Å². The second-order valence-electron chi connectivity index (χ2n) is 4.91. The molecule has 1 aliphatic carbocycles. The molecule has 1 fully saturated rings. The van der Waals surface area contributed by atoms with E-state index in [1.54, 1.807) is 0 Å². The predicted molar refractivity (Wildman–Crippen MR) is 55.8 cm³/mol. The van der Waals surface area contributed by atoms with Crippen LogP contribution in [0.3, 0.4) is 0 Å². The lowest BCUT2D eigenvalue weighted by Gasteiger charge is -2.27. The van der Waals surface area contributed by atoms with Crippen molar-refractivity contribution in [1.82, 2.24) is 4.90 Å². The smallest absolute Gasteiger partial charge is 0.0718 e. The summed E-state index contributed by atoms with van der Waals surface area (Å²) in [5.74, 6) is 0.996. The van der Waals surface area contributed by atoms with Gasteiger partial charge in [0.1, 0.15) is 0 Å². The van der Waals surface area contributed by atoms with Gasteiger partial charge in [-0.15, -0.1) is 0 Å². The first-order valence-corrected chi connectivity index (χ1v) is 5.46. The van der Waals surface area contributed by atoms with Crippen LogP contribution in [0.5, 0.6) is 0 Å². The molecule has 0 radical (unpaired) electrons.